The number of amides is 3. The molecule has 0 atom stereocenters. The van der Waals surface area contributed by atoms with Crippen LogP contribution >= 0.6 is 0 Å². The standard InChI is InChI=1S/C44H41F4N7O4/c1-42(2,3)59-41(58)55-22-20-54(21-23-55)40(57)33-19-18-32(25-35(33)45)51-39(56)38-49-27-36(53(38)4)34-26-50-52-37(34)43(28-12-7-5-8-13-28,29-14-9-6-10-15-29)30-16-11-17-31(24-30)44(46,47)48/h5-19,24-27H,20-23H2,1-4H3,(H,50,52)(H,51,56). The number of hydrogen-bond donors (Lipinski definition) is 2. The molecule has 0 spiro atoms. The Morgan fingerprint density at radius 2 is 1.36 bits per heavy atom. The third-order valence-corrected chi connectivity index (χ3v) is 10.2. The molecule has 0 bridgehead atoms. The zero-order chi connectivity index (χ0) is 42.1. The van der Waals surface area contributed by atoms with Gasteiger partial charge in [0, 0.05) is 50.7 Å². The Kier molecular flexibility index (Phi) is 10.9. The number of carbonyl (C=O) groups is 3. The SMILES string of the molecule is Cn1c(-c2c[nH]nc2C(c2ccccc2)(c2ccccc2)c2cccc(C(F)(F)F)c2)cnc1C(=O)Nc1ccc(C(=O)N2CCN(C(=O)OC(C)(C)C)CC2)c(F)c1. The molecular weight excluding hydrogens is 767 g/mol. The van der Waals surface area contributed by atoms with Crippen LogP contribution in [0.5, 0.6) is 0 Å². The lowest BCUT2D eigenvalue weighted by Gasteiger charge is -2.36. The number of anilines is 1. The number of benzene rings is 4. The summed E-state index contributed by atoms with van der Waals surface area (Å²) in [6.45, 7) is 6.13. The van der Waals surface area contributed by atoms with E-state index in [1.54, 1.807) is 64.3 Å². The van der Waals surface area contributed by atoms with Crippen LogP contribution in [0.15, 0.2) is 116 Å². The summed E-state index contributed by atoms with van der Waals surface area (Å²) in [5.41, 5.74) is -0.150. The lowest BCUT2D eigenvalue weighted by atomic mass is 9.66. The maximum atomic E-state index is 15.5. The monoisotopic (exact) mass is 807 g/mol. The van der Waals surface area contributed by atoms with Crippen molar-refractivity contribution >= 4 is 23.6 Å². The Morgan fingerprint density at radius 3 is 1.95 bits per heavy atom. The molecule has 1 saturated heterocycles. The first-order valence-electron chi connectivity index (χ1n) is 18.8. The van der Waals surface area contributed by atoms with Gasteiger partial charge in [0.2, 0.25) is 0 Å². The summed E-state index contributed by atoms with van der Waals surface area (Å²) in [6, 6.07) is 27.1. The van der Waals surface area contributed by atoms with E-state index in [0.29, 0.717) is 33.6 Å². The summed E-state index contributed by atoms with van der Waals surface area (Å²) >= 11 is 0. The van der Waals surface area contributed by atoms with E-state index >= 15 is 4.39 Å². The van der Waals surface area contributed by atoms with Gasteiger partial charge in [-0.1, -0.05) is 78.9 Å². The van der Waals surface area contributed by atoms with Crippen molar-refractivity contribution in [2.75, 3.05) is 31.5 Å². The minimum atomic E-state index is -4.62. The summed E-state index contributed by atoms with van der Waals surface area (Å²) in [4.78, 5) is 46.7. The van der Waals surface area contributed by atoms with E-state index in [1.807, 2.05) is 36.4 Å². The molecule has 0 aliphatic carbocycles. The molecule has 15 heteroatoms. The zero-order valence-electron chi connectivity index (χ0n) is 32.7. The van der Waals surface area contributed by atoms with Crippen LogP contribution < -0.4 is 5.32 Å². The second-order valence-corrected chi connectivity index (χ2v) is 15.1. The minimum Gasteiger partial charge on any atom is -0.444 e. The van der Waals surface area contributed by atoms with Crippen molar-refractivity contribution in [1.82, 2.24) is 29.5 Å². The smallest absolute Gasteiger partial charge is 0.416 e. The number of rotatable bonds is 8. The molecule has 11 nitrogen and oxygen atoms in total. The molecule has 1 fully saturated rings. The minimum absolute atomic E-state index is 0.0559. The average Bonchev–Trinajstić information content (AvgIpc) is 3.85. The number of nitrogens with zero attached hydrogens (tertiary/aromatic N) is 5. The number of H-pyrrole nitrogens is 1. The number of piperazine rings is 1. The van der Waals surface area contributed by atoms with Gasteiger partial charge in [-0.2, -0.15) is 18.3 Å². The van der Waals surface area contributed by atoms with E-state index in [-0.39, 0.29) is 43.3 Å². The van der Waals surface area contributed by atoms with Crippen molar-refractivity contribution in [2.45, 2.75) is 38.0 Å². The van der Waals surface area contributed by atoms with E-state index in [4.69, 9.17) is 9.84 Å². The van der Waals surface area contributed by atoms with Crippen LogP contribution in [0.25, 0.3) is 11.3 Å². The van der Waals surface area contributed by atoms with Crippen LogP contribution in [0, 0.1) is 5.82 Å². The molecule has 0 radical (unpaired) electrons. The van der Waals surface area contributed by atoms with Crippen LogP contribution in [0.4, 0.5) is 28.0 Å². The second kappa shape index (κ2) is 15.9. The molecule has 59 heavy (non-hydrogen) atoms. The maximum absolute atomic E-state index is 15.5. The molecule has 1 aliphatic rings. The highest BCUT2D eigenvalue weighted by atomic mass is 19.4. The molecule has 6 aromatic rings. The molecular formula is C44H41F4N7O4. The summed E-state index contributed by atoms with van der Waals surface area (Å²) in [5.74, 6) is -2.14. The first-order valence-corrected chi connectivity index (χ1v) is 18.8. The van der Waals surface area contributed by atoms with Gasteiger partial charge in [-0.25, -0.2) is 14.2 Å². The summed E-state index contributed by atoms with van der Waals surface area (Å²) in [7, 11) is 1.61. The lowest BCUT2D eigenvalue weighted by molar-refractivity contribution is -0.137. The predicted octanol–water partition coefficient (Wildman–Crippen LogP) is 8.30. The number of aromatic nitrogens is 4. The highest BCUT2D eigenvalue weighted by Gasteiger charge is 2.44. The van der Waals surface area contributed by atoms with Crippen molar-refractivity contribution < 1.29 is 36.7 Å². The van der Waals surface area contributed by atoms with Gasteiger partial charge in [0.15, 0.2) is 5.82 Å². The molecule has 304 valence electrons. The molecule has 2 N–H and O–H groups in total. The van der Waals surface area contributed by atoms with Crippen molar-refractivity contribution in [3.05, 3.63) is 161 Å². The number of halogens is 4. The van der Waals surface area contributed by atoms with E-state index < -0.39 is 46.5 Å². The quantitative estimate of drug-likeness (QED) is 0.118. The van der Waals surface area contributed by atoms with Gasteiger partial charge in [-0.05, 0) is 61.7 Å². The highest BCUT2D eigenvalue weighted by Crippen LogP contribution is 2.48. The topological polar surface area (TPSA) is 125 Å². The van der Waals surface area contributed by atoms with Crippen molar-refractivity contribution in [1.29, 1.82) is 0 Å². The average molecular weight is 808 g/mol. The van der Waals surface area contributed by atoms with E-state index in [2.05, 4.69) is 15.4 Å². The highest BCUT2D eigenvalue weighted by molar-refractivity contribution is 6.03. The largest absolute Gasteiger partial charge is 0.444 e. The fourth-order valence-corrected chi connectivity index (χ4v) is 7.40. The number of aromatic amines is 1. The van der Waals surface area contributed by atoms with E-state index in [1.165, 1.54) is 38.8 Å². The number of nitrogens with one attached hydrogen (secondary N) is 2. The fourth-order valence-electron chi connectivity index (χ4n) is 7.40. The van der Waals surface area contributed by atoms with Crippen LogP contribution in [-0.4, -0.2) is 79.2 Å². The van der Waals surface area contributed by atoms with E-state index in [9.17, 15) is 27.6 Å². The number of carbonyl (C=O) groups excluding carboxylic acids is 3. The van der Waals surface area contributed by atoms with Gasteiger partial charge in [0.25, 0.3) is 11.8 Å². The molecule has 4 aromatic carbocycles. The number of ether oxygens (including phenoxy) is 1. The third-order valence-electron chi connectivity index (χ3n) is 10.2. The van der Waals surface area contributed by atoms with Crippen LogP contribution in [-0.2, 0) is 23.4 Å². The zero-order valence-corrected chi connectivity index (χ0v) is 32.7. The van der Waals surface area contributed by atoms with Gasteiger partial charge in [-0.3, -0.25) is 14.7 Å². The van der Waals surface area contributed by atoms with Gasteiger partial charge in [0.05, 0.1) is 34.1 Å². The molecule has 0 saturated carbocycles. The van der Waals surface area contributed by atoms with Crippen LogP contribution in [0.3, 0.4) is 0 Å². The maximum Gasteiger partial charge on any atom is 0.416 e. The molecule has 0 unspecified atom stereocenters. The summed E-state index contributed by atoms with van der Waals surface area (Å²) < 4.78 is 65.1. The van der Waals surface area contributed by atoms with Gasteiger partial charge in [0.1, 0.15) is 11.4 Å². The second-order valence-electron chi connectivity index (χ2n) is 15.1. The Labute approximate surface area is 337 Å². The van der Waals surface area contributed by atoms with Crippen LogP contribution in [0.1, 0.15) is 69.7 Å². The Morgan fingerprint density at radius 1 is 0.763 bits per heavy atom. The Hall–Kier alpha value is -6.77. The molecule has 2 aromatic heterocycles. The molecule has 3 heterocycles. The molecule has 7 rings (SSSR count). The molecule has 1 aliphatic heterocycles. The summed E-state index contributed by atoms with van der Waals surface area (Å²) in [5, 5.41) is 10.3. The number of alkyl halides is 3. The van der Waals surface area contributed by atoms with Crippen molar-refractivity contribution in [2.24, 2.45) is 7.05 Å². The lowest BCUT2D eigenvalue weighted by Crippen LogP contribution is -2.51. The number of imidazole rings is 1. The van der Waals surface area contributed by atoms with Crippen molar-refractivity contribution in [3.63, 3.8) is 0 Å². The predicted molar refractivity (Wildman–Crippen MR) is 212 cm³/mol. The Balaban J connectivity index is 1.17. The van der Waals surface area contributed by atoms with Crippen molar-refractivity contribution in [3.8, 4) is 11.3 Å². The molecule has 3 amide bonds. The van der Waals surface area contributed by atoms with E-state index in [0.717, 1.165) is 18.2 Å². The first-order chi connectivity index (χ1) is 28.1. The first kappa shape index (κ1) is 40.4. The van der Waals surface area contributed by atoms with Gasteiger partial charge >= 0.3 is 12.3 Å². The summed E-state index contributed by atoms with van der Waals surface area (Å²) in [6.07, 6.45) is -2.04. The van der Waals surface area contributed by atoms with Gasteiger partial charge < -0.3 is 24.4 Å². The Bertz CT molecular complexity index is 2450. The number of hydrogen-bond acceptors (Lipinski definition) is 6. The third kappa shape index (κ3) is 8.05. The fraction of sp³-hybridized carbons (Fsp3) is 0.250. The normalized spacial score (nSPS) is 13.6. The van der Waals surface area contributed by atoms with Gasteiger partial charge in [-0.15, -0.1) is 0 Å². The van der Waals surface area contributed by atoms with Crippen LogP contribution in [0.2, 0.25) is 0 Å².